The van der Waals surface area contributed by atoms with Crippen molar-refractivity contribution in [2.45, 2.75) is 19.6 Å². The first-order valence-corrected chi connectivity index (χ1v) is 6.92. The lowest BCUT2D eigenvalue weighted by molar-refractivity contribution is 0.0686. The summed E-state index contributed by atoms with van der Waals surface area (Å²) in [6, 6.07) is 12.1. The summed E-state index contributed by atoms with van der Waals surface area (Å²) < 4.78 is 0. The SMILES string of the molecule is O=C(O)c1cccc(CN2Cc3ccc(C(=O)O)cc3C2)c1. The van der Waals surface area contributed by atoms with Gasteiger partial charge in [0.25, 0.3) is 0 Å². The number of hydrogen-bond donors (Lipinski definition) is 2. The van der Waals surface area contributed by atoms with Crippen LogP contribution in [0.15, 0.2) is 42.5 Å². The van der Waals surface area contributed by atoms with E-state index >= 15 is 0 Å². The van der Waals surface area contributed by atoms with Crippen molar-refractivity contribution >= 4 is 11.9 Å². The van der Waals surface area contributed by atoms with Crippen LogP contribution in [0.5, 0.6) is 0 Å². The molecule has 1 heterocycles. The molecular weight excluding hydrogens is 282 g/mol. The minimum atomic E-state index is -0.933. The molecule has 5 nitrogen and oxygen atoms in total. The van der Waals surface area contributed by atoms with Gasteiger partial charge in [0.15, 0.2) is 0 Å². The zero-order chi connectivity index (χ0) is 15.7. The van der Waals surface area contributed by atoms with Crippen molar-refractivity contribution in [2.75, 3.05) is 0 Å². The molecule has 0 aromatic heterocycles. The van der Waals surface area contributed by atoms with Crippen LogP contribution in [0.3, 0.4) is 0 Å². The summed E-state index contributed by atoms with van der Waals surface area (Å²) in [7, 11) is 0. The molecule has 1 aliphatic rings. The van der Waals surface area contributed by atoms with E-state index in [0.29, 0.717) is 18.7 Å². The van der Waals surface area contributed by atoms with E-state index in [9.17, 15) is 9.59 Å². The summed E-state index contributed by atoms with van der Waals surface area (Å²) in [6.45, 7) is 2.05. The predicted molar refractivity (Wildman–Crippen MR) is 79.8 cm³/mol. The molecule has 0 atom stereocenters. The molecular formula is C17H15NO4. The van der Waals surface area contributed by atoms with Crippen molar-refractivity contribution in [3.63, 3.8) is 0 Å². The summed E-state index contributed by atoms with van der Waals surface area (Å²) >= 11 is 0. The highest BCUT2D eigenvalue weighted by Gasteiger charge is 2.20. The molecule has 112 valence electrons. The van der Waals surface area contributed by atoms with Crippen molar-refractivity contribution in [1.82, 2.24) is 4.90 Å². The van der Waals surface area contributed by atoms with Gasteiger partial charge in [0.1, 0.15) is 0 Å². The normalized spacial score (nSPS) is 13.8. The molecule has 2 aromatic carbocycles. The predicted octanol–water partition coefficient (Wildman–Crippen LogP) is 2.60. The van der Waals surface area contributed by atoms with Gasteiger partial charge in [-0.25, -0.2) is 9.59 Å². The van der Waals surface area contributed by atoms with Gasteiger partial charge in [0, 0.05) is 19.6 Å². The van der Waals surface area contributed by atoms with Crippen LogP contribution in [0.1, 0.15) is 37.4 Å². The van der Waals surface area contributed by atoms with Crippen LogP contribution in [0.4, 0.5) is 0 Å². The monoisotopic (exact) mass is 297 g/mol. The van der Waals surface area contributed by atoms with Crippen molar-refractivity contribution in [2.24, 2.45) is 0 Å². The Labute approximate surface area is 127 Å². The van der Waals surface area contributed by atoms with E-state index in [-0.39, 0.29) is 5.56 Å². The molecule has 0 amide bonds. The van der Waals surface area contributed by atoms with Crippen molar-refractivity contribution in [3.8, 4) is 0 Å². The van der Waals surface area contributed by atoms with Gasteiger partial charge in [0.2, 0.25) is 0 Å². The van der Waals surface area contributed by atoms with Crippen LogP contribution < -0.4 is 0 Å². The Morgan fingerprint density at radius 2 is 1.59 bits per heavy atom. The third kappa shape index (κ3) is 2.84. The number of hydrogen-bond acceptors (Lipinski definition) is 3. The number of carbonyl (C=O) groups is 2. The molecule has 5 heteroatoms. The van der Waals surface area contributed by atoms with Crippen LogP contribution in [-0.4, -0.2) is 27.1 Å². The lowest BCUT2D eigenvalue weighted by atomic mass is 10.1. The van der Waals surface area contributed by atoms with Crippen LogP contribution in [0, 0.1) is 0 Å². The molecule has 2 N–H and O–H groups in total. The van der Waals surface area contributed by atoms with Gasteiger partial charge in [-0.2, -0.15) is 0 Å². The molecule has 0 bridgehead atoms. The second-order valence-corrected chi connectivity index (χ2v) is 5.44. The third-order valence-corrected chi connectivity index (χ3v) is 3.82. The van der Waals surface area contributed by atoms with E-state index in [1.54, 1.807) is 30.3 Å². The van der Waals surface area contributed by atoms with E-state index in [2.05, 4.69) is 4.90 Å². The molecule has 0 radical (unpaired) electrons. The summed E-state index contributed by atoms with van der Waals surface area (Å²) in [6.07, 6.45) is 0. The maximum Gasteiger partial charge on any atom is 0.335 e. The fraction of sp³-hybridized carbons (Fsp3) is 0.176. The van der Waals surface area contributed by atoms with E-state index in [4.69, 9.17) is 10.2 Å². The Morgan fingerprint density at radius 1 is 0.909 bits per heavy atom. The highest BCUT2D eigenvalue weighted by Crippen LogP contribution is 2.25. The Bertz CT molecular complexity index is 754. The molecule has 0 unspecified atom stereocenters. The minimum Gasteiger partial charge on any atom is -0.478 e. The number of carboxylic acids is 2. The number of rotatable bonds is 4. The third-order valence-electron chi connectivity index (χ3n) is 3.82. The van der Waals surface area contributed by atoms with Gasteiger partial charge in [-0.15, -0.1) is 0 Å². The number of carboxylic acid groups (broad SMARTS) is 2. The van der Waals surface area contributed by atoms with E-state index in [1.165, 1.54) is 0 Å². The van der Waals surface area contributed by atoms with Crippen LogP contribution in [-0.2, 0) is 19.6 Å². The second-order valence-electron chi connectivity index (χ2n) is 5.44. The Hall–Kier alpha value is -2.66. The second kappa shape index (κ2) is 5.61. The van der Waals surface area contributed by atoms with Gasteiger partial charge in [-0.05, 0) is 41.0 Å². The standard InChI is InChI=1S/C17H15NO4/c19-16(20)12-3-1-2-11(6-12)8-18-9-14-5-4-13(17(21)22)7-15(14)10-18/h1-7H,8-10H2,(H,19,20)(H,21,22). The molecule has 22 heavy (non-hydrogen) atoms. The topological polar surface area (TPSA) is 77.8 Å². The number of aromatic carboxylic acids is 2. The largest absolute Gasteiger partial charge is 0.478 e. The zero-order valence-electron chi connectivity index (χ0n) is 11.8. The van der Waals surface area contributed by atoms with Crippen molar-refractivity contribution < 1.29 is 19.8 Å². The first-order chi connectivity index (χ1) is 10.5. The maximum absolute atomic E-state index is 11.0. The number of benzene rings is 2. The highest BCUT2D eigenvalue weighted by atomic mass is 16.4. The van der Waals surface area contributed by atoms with Gasteiger partial charge in [-0.1, -0.05) is 18.2 Å². The summed E-state index contributed by atoms with van der Waals surface area (Å²) in [5, 5.41) is 18.1. The maximum atomic E-state index is 11.0. The van der Waals surface area contributed by atoms with Crippen molar-refractivity contribution in [1.29, 1.82) is 0 Å². The average molecular weight is 297 g/mol. The average Bonchev–Trinajstić information content (AvgIpc) is 2.88. The molecule has 0 aliphatic carbocycles. The first-order valence-electron chi connectivity index (χ1n) is 6.92. The van der Waals surface area contributed by atoms with Gasteiger partial charge in [-0.3, -0.25) is 4.90 Å². The van der Waals surface area contributed by atoms with Crippen LogP contribution in [0.2, 0.25) is 0 Å². The fourth-order valence-corrected chi connectivity index (χ4v) is 2.77. The molecule has 0 fully saturated rings. The molecule has 2 aromatic rings. The first kappa shape index (κ1) is 14.3. The van der Waals surface area contributed by atoms with E-state index < -0.39 is 11.9 Å². The quantitative estimate of drug-likeness (QED) is 0.907. The number of nitrogens with zero attached hydrogens (tertiary/aromatic N) is 1. The molecule has 1 aliphatic heterocycles. The summed E-state index contributed by atoms with van der Waals surface area (Å²) in [5.74, 6) is -1.85. The Kier molecular flexibility index (Phi) is 3.65. The lowest BCUT2D eigenvalue weighted by Gasteiger charge is -2.15. The summed E-state index contributed by atoms with van der Waals surface area (Å²) in [4.78, 5) is 24.2. The molecule has 0 spiro atoms. The lowest BCUT2D eigenvalue weighted by Crippen LogP contribution is -2.15. The van der Waals surface area contributed by atoms with Crippen molar-refractivity contribution in [3.05, 3.63) is 70.3 Å². The zero-order valence-corrected chi connectivity index (χ0v) is 11.8. The van der Waals surface area contributed by atoms with E-state index in [1.807, 2.05) is 12.1 Å². The molecule has 0 saturated carbocycles. The van der Waals surface area contributed by atoms with Gasteiger partial charge < -0.3 is 10.2 Å². The minimum absolute atomic E-state index is 0.280. The van der Waals surface area contributed by atoms with Gasteiger partial charge >= 0.3 is 11.9 Å². The smallest absolute Gasteiger partial charge is 0.335 e. The molecule has 3 rings (SSSR count). The summed E-state index contributed by atoms with van der Waals surface area (Å²) in [5.41, 5.74) is 3.66. The van der Waals surface area contributed by atoms with Crippen LogP contribution >= 0.6 is 0 Å². The van der Waals surface area contributed by atoms with Crippen LogP contribution in [0.25, 0.3) is 0 Å². The Balaban J connectivity index is 1.75. The number of fused-ring (bicyclic) bond motifs is 1. The Morgan fingerprint density at radius 3 is 2.32 bits per heavy atom. The molecule has 0 saturated heterocycles. The van der Waals surface area contributed by atoms with Gasteiger partial charge in [0.05, 0.1) is 11.1 Å². The highest BCUT2D eigenvalue weighted by molar-refractivity contribution is 5.88. The fourth-order valence-electron chi connectivity index (χ4n) is 2.77. The van der Waals surface area contributed by atoms with E-state index in [0.717, 1.165) is 23.2 Å².